The fourth-order valence-electron chi connectivity index (χ4n) is 1.01. The molecule has 1 aromatic rings. The van der Waals surface area contributed by atoms with E-state index < -0.39 is 0 Å². The maximum Gasteiger partial charge on any atom is 0.235 e. The van der Waals surface area contributed by atoms with Gasteiger partial charge in [-0.3, -0.25) is 14.4 Å². The molecule has 1 aromatic carbocycles. The summed E-state index contributed by atoms with van der Waals surface area (Å²) >= 11 is 0. The topological polar surface area (TPSA) is 51.2 Å². The lowest BCUT2D eigenvalue weighted by Crippen LogP contribution is -1.92. The van der Waals surface area contributed by atoms with Gasteiger partial charge in [0, 0.05) is 12.5 Å². The van der Waals surface area contributed by atoms with Gasteiger partial charge in [0.15, 0.2) is 6.29 Å². The molecule has 3 heteroatoms. The summed E-state index contributed by atoms with van der Waals surface area (Å²) in [5.41, 5.74) is 0.654. The fraction of sp³-hybridized carbons (Fsp3) is 0.261. The molecule has 0 aliphatic heterocycles. The van der Waals surface area contributed by atoms with Crippen LogP contribution in [0.5, 0.6) is 0 Å². The summed E-state index contributed by atoms with van der Waals surface area (Å²) in [4.78, 5) is 30.2. The molecule has 0 unspecified atom stereocenters. The molecule has 0 heterocycles. The zero-order valence-corrected chi connectivity index (χ0v) is 16.2. The largest absolute Gasteiger partial charge is 0.289 e. The van der Waals surface area contributed by atoms with Crippen LogP contribution in [0.25, 0.3) is 0 Å². The van der Waals surface area contributed by atoms with Gasteiger partial charge in [0.25, 0.3) is 0 Å². The second-order valence-electron chi connectivity index (χ2n) is 4.01. The molecule has 1 rings (SSSR count). The Morgan fingerprint density at radius 2 is 1.27 bits per heavy atom. The van der Waals surface area contributed by atoms with Crippen LogP contribution in [0.1, 0.15) is 51.9 Å². The van der Waals surface area contributed by atoms with E-state index >= 15 is 0 Å². The van der Waals surface area contributed by atoms with Gasteiger partial charge in [-0.2, -0.15) is 0 Å². The van der Waals surface area contributed by atoms with Crippen molar-refractivity contribution in [3.63, 3.8) is 0 Å². The van der Waals surface area contributed by atoms with Crippen molar-refractivity contribution in [3.05, 3.63) is 35.9 Å². The first-order valence-corrected chi connectivity index (χ1v) is 7.59. The van der Waals surface area contributed by atoms with E-state index in [9.17, 15) is 14.4 Å². The van der Waals surface area contributed by atoms with Crippen molar-refractivity contribution in [3.8, 4) is 47.4 Å². The van der Waals surface area contributed by atoms with Crippen LogP contribution in [0.2, 0.25) is 0 Å². The fourth-order valence-corrected chi connectivity index (χ4v) is 1.01. The first kappa shape index (κ1) is 27.3. The normalized spacial score (nSPS) is 6.08. The molecule has 0 N–H and O–H groups in total. The van der Waals surface area contributed by atoms with Crippen LogP contribution in [0.3, 0.4) is 0 Å². The maximum atomic E-state index is 11.1. The van der Waals surface area contributed by atoms with E-state index in [0.29, 0.717) is 11.8 Å². The molecule has 0 radical (unpaired) electrons. The standard InChI is InChI=1S/C10H8O.C5H6O.C4H4O.C4H6/c1-2-6-10(11)9-7-4-3-5-8-9;1-3-4-5(2)6;1-2-3-4-5;1-3-4-2/h3-5,7-8H,1H3;1-2H3;4H,1H3;1-2H3. The van der Waals surface area contributed by atoms with Crippen molar-refractivity contribution in [2.75, 3.05) is 0 Å². The van der Waals surface area contributed by atoms with Crippen LogP contribution in [0.4, 0.5) is 0 Å². The van der Waals surface area contributed by atoms with Crippen LogP contribution >= 0.6 is 0 Å². The highest BCUT2D eigenvalue weighted by atomic mass is 16.1. The van der Waals surface area contributed by atoms with E-state index in [1.165, 1.54) is 6.92 Å². The highest BCUT2D eigenvalue weighted by molar-refractivity contribution is 6.08. The zero-order chi connectivity index (χ0) is 20.6. The quantitative estimate of drug-likeness (QED) is 0.336. The van der Waals surface area contributed by atoms with Gasteiger partial charge in [-0.15, -0.1) is 11.8 Å². The number of ketones is 2. The smallest absolute Gasteiger partial charge is 0.235 e. The van der Waals surface area contributed by atoms with Crippen molar-refractivity contribution in [2.24, 2.45) is 0 Å². The summed E-state index contributed by atoms with van der Waals surface area (Å²) in [6, 6.07) is 9.03. The Labute approximate surface area is 157 Å². The molecule has 0 fully saturated rings. The van der Waals surface area contributed by atoms with E-state index in [1.807, 2.05) is 32.0 Å². The third kappa shape index (κ3) is 25.4. The average molecular weight is 348 g/mol. The molecule has 26 heavy (non-hydrogen) atoms. The van der Waals surface area contributed by atoms with Crippen molar-refractivity contribution in [2.45, 2.75) is 41.5 Å². The first-order chi connectivity index (χ1) is 12.4. The van der Waals surface area contributed by atoms with Crippen molar-refractivity contribution in [1.29, 1.82) is 0 Å². The molecule has 0 bridgehead atoms. The second kappa shape index (κ2) is 23.7. The first-order valence-electron chi connectivity index (χ1n) is 7.59. The van der Waals surface area contributed by atoms with Gasteiger partial charge in [0.2, 0.25) is 11.6 Å². The van der Waals surface area contributed by atoms with Gasteiger partial charge < -0.3 is 0 Å². The summed E-state index contributed by atoms with van der Waals surface area (Å²) in [6.07, 6.45) is 0.569. The lowest BCUT2D eigenvalue weighted by atomic mass is 10.1. The third-order valence-electron chi connectivity index (χ3n) is 2.03. The van der Waals surface area contributed by atoms with E-state index in [2.05, 4.69) is 47.4 Å². The molecule has 3 nitrogen and oxygen atoms in total. The third-order valence-corrected chi connectivity index (χ3v) is 2.03. The molecule has 0 saturated heterocycles. The van der Waals surface area contributed by atoms with Crippen LogP contribution in [0.15, 0.2) is 30.3 Å². The Morgan fingerprint density at radius 1 is 0.769 bits per heavy atom. The van der Waals surface area contributed by atoms with Crippen LogP contribution in [-0.4, -0.2) is 17.9 Å². The van der Waals surface area contributed by atoms with Gasteiger partial charge in [-0.05, 0) is 52.4 Å². The molecule has 0 spiro atoms. The number of aldehydes is 1. The van der Waals surface area contributed by atoms with E-state index in [1.54, 1.807) is 32.9 Å². The molecule has 0 amide bonds. The molecule has 0 aromatic heterocycles. The number of rotatable bonds is 1. The van der Waals surface area contributed by atoms with Crippen LogP contribution in [0, 0.1) is 47.4 Å². The zero-order valence-electron chi connectivity index (χ0n) is 16.2. The number of Topliss-reactive ketones (excluding diaryl/α,β-unsaturated/α-hetero) is 2. The maximum absolute atomic E-state index is 11.1. The van der Waals surface area contributed by atoms with Crippen molar-refractivity contribution < 1.29 is 14.4 Å². The predicted molar refractivity (Wildman–Crippen MR) is 107 cm³/mol. The Balaban J connectivity index is -0.000000301. The Morgan fingerprint density at radius 3 is 1.50 bits per heavy atom. The minimum absolute atomic E-state index is 0.0718. The molecular formula is C23H24O3. The highest BCUT2D eigenvalue weighted by Gasteiger charge is 1.97. The van der Waals surface area contributed by atoms with Crippen LogP contribution < -0.4 is 0 Å². The average Bonchev–Trinajstić information content (AvgIpc) is 2.64. The monoisotopic (exact) mass is 348 g/mol. The van der Waals surface area contributed by atoms with E-state index in [0.717, 1.165) is 0 Å². The number of hydrogen-bond acceptors (Lipinski definition) is 3. The molecule has 0 saturated carbocycles. The summed E-state index contributed by atoms with van der Waals surface area (Å²) < 4.78 is 0. The molecule has 0 aliphatic rings. The molecular weight excluding hydrogens is 324 g/mol. The number of hydrogen-bond donors (Lipinski definition) is 0. The van der Waals surface area contributed by atoms with Crippen molar-refractivity contribution >= 4 is 17.9 Å². The molecule has 0 aliphatic carbocycles. The Hall–Kier alpha value is -3.53. The highest BCUT2D eigenvalue weighted by Crippen LogP contribution is 1.98. The minimum atomic E-state index is -0.117. The minimum Gasteiger partial charge on any atom is -0.289 e. The second-order valence-corrected chi connectivity index (χ2v) is 4.01. The Bertz CT molecular complexity index is 766. The summed E-state index contributed by atoms with van der Waals surface area (Å²) in [6.45, 7) is 9.99. The summed E-state index contributed by atoms with van der Waals surface area (Å²) in [5, 5.41) is 0. The SMILES string of the molecule is CC#CC.CC#CC(=O)c1ccccc1.CC#CC(C)=O.CC#CC=O. The lowest BCUT2D eigenvalue weighted by molar-refractivity contribution is -0.111. The Kier molecular flexibility index (Phi) is 24.9. The van der Waals surface area contributed by atoms with Gasteiger partial charge in [-0.1, -0.05) is 48.1 Å². The number of carbonyl (C=O) groups is 3. The molecule has 0 atom stereocenters. The van der Waals surface area contributed by atoms with Gasteiger partial charge in [0.05, 0.1) is 0 Å². The molecule has 134 valence electrons. The summed E-state index contributed by atoms with van der Waals surface area (Å²) in [7, 11) is 0. The predicted octanol–water partition coefficient (Wildman–Crippen LogP) is 3.73. The number of carbonyl (C=O) groups excluding carboxylic acids is 3. The van der Waals surface area contributed by atoms with E-state index in [4.69, 9.17) is 0 Å². The van der Waals surface area contributed by atoms with Crippen molar-refractivity contribution in [1.82, 2.24) is 0 Å². The number of benzene rings is 1. The van der Waals surface area contributed by atoms with Crippen LogP contribution in [-0.2, 0) is 9.59 Å². The van der Waals surface area contributed by atoms with Gasteiger partial charge >= 0.3 is 0 Å². The summed E-state index contributed by atoms with van der Waals surface area (Å²) in [5.74, 6) is 19.6. The van der Waals surface area contributed by atoms with Gasteiger partial charge in [0.1, 0.15) is 0 Å². The van der Waals surface area contributed by atoms with E-state index in [-0.39, 0.29) is 11.6 Å². The van der Waals surface area contributed by atoms with Gasteiger partial charge in [-0.25, -0.2) is 0 Å². The lowest BCUT2D eigenvalue weighted by Gasteiger charge is -1.89.